The Bertz CT molecular complexity index is 1390. The first-order valence-electron chi connectivity index (χ1n) is 10.9. The zero-order valence-electron chi connectivity index (χ0n) is 18.2. The second-order valence-corrected chi connectivity index (χ2v) is 7.72. The van der Waals surface area contributed by atoms with Crippen molar-refractivity contribution >= 4 is 22.8 Å². The number of hydrogen-bond acceptors (Lipinski definition) is 3. The number of rotatable bonds is 6. The molecule has 3 heterocycles. The van der Waals surface area contributed by atoms with Crippen LogP contribution < -0.4 is 10.6 Å². The minimum atomic E-state index is -0.241. The SMILES string of the molecule is CCn1cc(-c2ccnc3[nH]ccc23)c(-c2ccc(NC(=O)NCc3ccccc3)cc2)n1. The molecule has 2 amide bonds. The van der Waals surface area contributed by atoms with Gasteiger partial charge >= 0.3 is 6.03 Å². The van der Waals surface area contributed by atoms with E-state index < -0.39 is 0 Å². The molecule has 0 aliphatic carbocycles. The highest BCUT2D eigenvalue weighted by molar-refractivity contribution is 5.97. The fourth-order valence-corrected chi connectivity index (χ4v) is 3.85. The van der Waals surface area contributed by atoms with E-state index in [0.717, 1.165) is 51.2 Å². The predicted octanol–water partition coefficient (Wildman–Crippen LogP) is 5.44. The largest absolute Gasteiger partial charge is 0.346 e. The Morgan fingerprint density at radius 1 is 1.00 bits per heavy atom. The first kappa shape index (κ1) is 20.5. The number of anilines is 1. The number of nitrogens with zero attached hydrogens (tertiary/aromatic N) is 3. The van der Waals surface area contributed by atoms with E-state index in [-0.39, 0.29) is 6.03 Å². The molecule has 0 fully saturated rings. The van der Waals surface area contributed by atoms with E-state index in [1.54, 1.807) is 0 Å². The molecule has 0 saturated heterocycles. The van der Waals surface area contributed by atoms with Gasteiger partial charge in [0.2, 0.25) is 0 Å². The van der Waals surface area contributed by atoms with Gasteiger partial charge in [-0.15, -0.1) is 0 Å². The van der Waals surface area contributed by atoms with Crippen LogP contribution >= 0.6 is 0 Å². The highest BCUT2D eigenvalue weighted by Crippen LogP contribution is 2.35. The van der Waals surface area contributed by atoms with Crippen molar-refractivity contribution in [2.45, 2.75) is 20.0 Å². The second-order valence-electron chi connectivity index (χ2n) is 7.72. The molecule has 0 atom stereocenters. The Balaban J connectivity index is 1.37. The summed E-state index contributed by atoms with van der Waals surface area (Å²) in [6, 6.07) is 21.4. The van der Waals surface area contributed by atoms with Gasteiger partial charge in [-0.1, -0.05) is 42.5 Å². The molecule has 0 spiro atoms. The standard InChI is InChI=1S/C26H24N6O/c1-2-32-17-23(21-12-14-27-25-22(21)13-15-28-25)24(31-32)19-8-10-20(11-9-19)30-26(33)29-16-18-6-4-3-5-7-18/h3-15,17H,2,16H2,1H3,(H,27,28)(H2,29,30,33). The predicted molar refractivity (Wildman–Crippen MR) is 131 cm³/mol. The number of aromatic amines is 1. The van der Waals surface area contributed by atoms with Gasteiger partial charge in [-0.3, -0.25) is 4.68 Å². The molecule has 7 nitrogen and oxygen atoms in total. The molecule has 33 heavy (non-hydrogen) atoms. The molecular weight excluding hydrogens is 412 g/mol. The minimum absolute atomic E-state index is 0.241. The number of aromatic nitrogens is 4. The van der Waals surface area contributed by atoms with E-state index in [1.807, 2.05) is 83.8 Å². The number of benzene rings is 2. The van der Waals surface area contributed by atoms with Crippen LogP contribution in [0.25, 0.3) is 33.4 Å². The number of carbonyl (C=O) groups excluding carboxylic acids is 1. The van der Waals surface area contributed by atoms with Crippen molar-refractivity contribution in [3.05, 3.63) is 90.9 Å². The number of H-pyrrole nitrogens is 1. The normalized spacial score (nSPS) is 10.9. The molecule has 7 heteroatoms. The van der Waals surface area contributed by atoms with Crippen LogP contribution in [-0.2, 0) is 13.1 Å². The van der Waals surface area contributed by atoms with Gasteiger partial charge in [0.15, 0.2) is 0 Å². The summed E-state index contributed by atoms with van der Waals surface area (Å²) in [6.07, 6.45) is 5.77. The highest BCUT2D eigenvalue weighted by atomic mass is 16.2. The number of pyridine rings is 1. The minimum Gasteiger partial charge on any atom is -0.346 e. The quantitative estimate of drug-likeness (QED) is 0.331. The van der Waals surface area contributed by atoms with Crippen molar-refractivity contribution in [1.82, 2.24) is 25.1 Å². The van der Waals surface area contributed by atoms with E-state index in [0.29, 0.717) is 6.54 Å². The zero-order chi connectivity index (χ0) is 22.6. The van der Waals surface area contributed by atoms with Crippen LogP contribution in [0.15, 0.2) is 85.3 Å². The van der Waals surface area contributed by atoms with Gasteiger partial charge < -0.3 is 15.6 Å². The number of nitrogens with one attached hydrogen (secondary N) is 3. The Hall–Kier alpha value is -4.39. The number of aryl methyl sites for hydroxylation is 1. The summed E-state index contributed by atoms with van der Waals surface area (Å²) >= 11 is 0. The molecule has 3 N–H and O–H groups in total. The van der Waals surface area contributed by atoms with Gasteiger partial charge in [0.25, 0.3) is 0 Å². The molecular formula is C26H24N6O. The van der Waals surface area contributed by atoms with Crippen LogP contribution in [0.5, 0.6) is 0 Å². The molecule has 0 saturated carbocycles. The average Bonchev–Trinajstić information content (AvgIpc) is 3.51. The van der Waals surface area contributed by atoms with E-state index in [9.17, 15) is 4.79 Å². The first-order chi connectivity index (χ1) is 16.2. The Morgan fingerprint density at radius 2 is 1.82 bits per heavy atom. The topological polar surface area (TPSA) is 87.6 Å². The number of hydrogen-bond donors (Lipinski definition) is 3. The molecule has 0 aliphatic heterocycles. The highest BCUT2D eigenvalue weighted by Gasteiger charge is 2.16. The summed E-state index contributed by atoms with van der Waals surface area (Å²) in [4.78, 5) is 19.8. The number of carbonyl (C=O) groups is 1. The van der Waals surface area contributed by atoms with Gasteiger partial charge in [-0.25, -0.2) is 9.78 Å². The monoisotopic (exact) mass is 436 g/mol. The molecule has 5 rings (SSSR count). The van der Waals surface area contributed by atoms with E-state index in [2.05, 4.69) is 33.7 Å². The smallest absolute Gasteiger partial charge is 0.319 e. The maximum atomic E-state index is 12.3. The van der Waals surface area contributed by atoms with Crippen molar-refractivity contribution in [2.75, 3.05) is 5.32 Å². The third-order valence-electron chi connectivity index (χ3n) is 5.55. The summed E-state index contributed by atoms with van der Waals surface area (Å²) in [5.41, 5.74) is 6.62. The van der Waals surface area contributed by atoms with Crippen LogP contribution in [0.3, 0.4) is 0 Å². The van der Waals surface area contributed by atoms with Crippen molar-refractivity contribution in [3.8, 4) is 22.4 Å². The van der Waals surface area contributed by atoms with Crippen LogP contribution in [0.2, 0.25) is 0 Å². The average molecular weight is 437 g/mol. The van der Waals surface area contributed by atoms with Crippen LogP contribution in [0.4, 0.5) is 10.5 Å². The molecule has 0 bridgehead atoms. The third-order valence-corrected chi connectivity index (χ3v) is 5.55. The molecule has 0 radical (unpaired) electrons. The summed E-state index contributed by atoms with van der Waals surface area (Å²) in [5, 5.41) is 11.6. The molecule has 3 aromatic heterocycles. The van der Waals surface area contributed by atoms with Crippen molar-refractivity contribution in [1.29, 1.82) is 0 Å². The molecule has 2 aromatic carbocycles. The fraction of sp³-hybridized carbons (Fsp3) is 0.115. The lowest BCUT2D eigenvalue weighted by Crippen LogP contribution is -2.28. The van der Waals surface area contributed by atoms with E-state index in [1.165, 1.54) is 0 Å². The molecule has 0 aliphatic rings. The number of amides is 2. The fourth-order valence-electron chi connectivity index (χ4n) is 3.85. The van der Waals surface area contributed by atoms with Gasteiger partial charge in [-0.2, -0.15) is 5.10 Å². The van der Waals surface area contributed by atoms with E-state index >= 15 is 0 Å². The zero-order valence-corrected chi connectivity index (χ0v) is 18.2. The summed E-state index contributed by atoms with van der Waals surface area (Å²) < 4.78 is 1.94. The van der Waals surface area contributed by atoms with Crippen molar-refractivity contribution < 1.29 is 4.79 Å². The third kappa shape index (κ3) is 4.34. The lowest BCUT2D eigenvalue weighted by molar-refractivity contribution is 0.251. The lowest BCUT2D eigenvalue weighted by atomic mass is 10.0. The second kappa shape index (κ2) is 9.00. The Kier molecular flexibility index (Phi) is 5.59. The van der Waals surface area contributed by atoms with Gasteiger partial charge in [0.1, 0.15) is 11.3 Å². The summed E-state index contributed by atoms with van der Waals surface area (Å²) in [5.74, 6) is 0. The van der Waals surface area contributed by atoms with Crippen molar-refractivity contribution in [3.63, 3.8) is 0 Å². The number of fused-ring (bicyclic) bond motifs is 1. The van der Waals surface area contributed by atoms with E-state index in [4.69, 9.17) is 5.10 Å². The first-order valence-corrected chi connectivity index (χ1v) is 10.9. The van der Waals surface area contributed by atoms with Crippen molar-refractivity contribution in [2.24, 2.45) is 0 Å². The van der Waals surface area contributed by atoms with Gasteiger partial charge in [-0.05, 0) is 42.3 Å². The molecule has 5 aromatic rings. The number of urea groups is 1. The van der Waals surface area contributed by atoms with Crippen LogP contribution in [0, 0.1) is 0 Å². The summed E-state index contributed by atoms with van der Waals surface area (Å²) in [6.45, 7) is 3.32. The maximum absolute atomic E-state index is 12.3. The molecule has 164 valence electrons. The van der Waals surface area contributed by atoms with Gasteiger partial charge in [0, 0.05) is 53.9 Å². The Labute approximate surface area is 191 Å². The molecule has 0 unspecified atom stereocenters. The van der Waals surface area contributed by atoms with Crippen LogP contribution in [-0.4, -0.2) is 25.8 Å². The van der Waals surface area contributed by atoms with Crippen LogP contribution in [0.1, 0.15) is 12.5 Å². The maximum Gasteiger partial charge on any atom is 0.319 e. The lowest BCUT2D eigenvalue weighted by Gasteiger charge is -2.09. The summed E-state index contributed by atoms with van der Waals surface area (Å²) in [7, 11) is 0. The Morgan fingerprint density at radius 3 is 2.61 bits per heavy atom. The van der Waals surface area contributed by atoms with Gasteiger partial charge in [0.05, 0.1) is 0 Å².